The predicted molar refractivity (Wildman–Crippen MR) is 84.5 cm³/mol. The lowest BCUT2D eigenvalue weighted by atomic mass is 10.1. The van der Waals surface area contributed by atoms with Gasteiger partial charge in [-0.15, -0.1) is 0 Å². The van der Waals surface area contributed by atoms with Crippen molar-refractivity contribution in [3.8, 4) is 11.5 Å². The van der Waals surface area contributed by atoms with Gasteiger partial charge in [0.25, 0.3) is 0 Å². The van der Waals surface area contributed by atoms with E-state index in [1.807, 2.05) is 23.1 Å². The van der Waals surface area contributed by atoms with Gasteiger partial charge in [-0.3, -0.25) is 0 Å². The van der Waals surface area contributed by atoms with Gasteiger partial charge in [-0.05, 0) is 24.1 Å². The number of phenolic OH excluding ortho intramolecular Hbond substituents is 1. The molecule has 5 heteroatoms. The van der Waals surface area contributed by atoms with Gasteiger partial charge in [-0.2, -0.15) is 0 Å². The summed E-state index contributed by atoms with van der Waals surface area (Å²) in [7, 11) is 1.51. The van der Waals surface area contributed by atoms with Crippen LogP contribution in [0.15, 0.2) is 36.4 Å². The number of fused-ring (bicyclic) bond motifs is 4. The van der Waals surface area contributed by atoms with Crippen LogP contribution < -0.4 is 15.0 Å². The molecule has 0 aromatic heterocycles. The smallest absolute Gasteiger partial charge is 0.161 e. The van der Waals surface area contributed by atoms with E-state index in [-0.39, 0.29) is 11.8 Å². The van der Waals surface area contributed by atoms with Crippen LogP contribution in [0.4, 0.5) is 11.4 Å². The third kappa shape index (κ3) is 1.82. The maximum absolute atomic E-state index is 10.9. The van der Waals surface area contributed by atoms with E-state index in [0.717, 1.165) is 17.8 Å². The number of hydrogen-bond acceptors (Lipinski definition) is 5. The first-order chi connectivity index (χ1) is 10.7. The lowest BCUT2D eigenvalue weighted by molar-refractivity contribution is 0.167. The molecule has 2 aliphatic rings. The Balaban J connectivity index is 1.83. The minimum absolute atomic E-state index is 0.0726. The first kappa shape index (κ1) is 13.3. The van der Waals surface area contributed by atoms with Crippen LogP contribution >= 0.6 is 0 Å². The molecule has 2 atom stereocenters. The highest BCUT2D eigenvalue weighted by Gasteiger charge is 2.37. The molecule has 0 aliphatic carbocycles. The van der Waals surface area contributed by atoms with Gasteiger partial charge in [0.15, 0.2) is 17.7 Å². The Hall–Kier alpha value is -2.40. The zero-order valence-electron chi connectivity index (χ0n) is 12.3. The van der Waals surface area contributed by atoms with E-state index in [0.29, 0.717) is 17.9 Å². The van der Waals surface area contributed by atoms with E-state index >= 15 is 0 Å². The van der Waals surface area contributed by atoms with Gasteiger partial charge in [-0.1, -0.05) is 18.2 Å². The molecule has 2 aliphatic heterocycles. The monoisotopic (exact) mass is 298 g/mol. The van der Waals surface area contributed by atoms with Gasteiger partial charge in [-0.25, -0.2) is 0 Å². The second-order valence-corrected chi connectivity index (χ2v) is 5.76. The summed E-state index contributed by atoms with van der Waals surface area (Å²) in [5.41, 5.74) is 3.79. The van der Waals surface area contributed by atoms with Crippen LogP contribution in [0.3, 0.4) is 0 Å². The number of hydrogen-bond donors (Lipinski definition) is 3. The second-order valence-electron chi connectivity index (χ2n) is 5.76. The van der Waals surface area contributed by atoms with Crippen molar-refractivity contribution >= 4 is 11.4 Å². The molecule has 0 radical (unpaired) electrons. The Labute approximate surface area is 128 Å². The highest BCUT2D eigenvalue weighted by molar-refractivity contribution is 5.68. The number of rotatable bonds is 1. The normalized spacial score (nSPS) is 22.2. The SMILES string of the molecule is COc1cc2c(cc1O)NCC1Cc3ccccc3N1C2O. The molecule has 2 unspecified atom stereocenters. The lowest BCUT2D eigenvalue weighted by Crippen LogP contribution is -2.37. The van der Waals surface area contributed by atoms with Crippen LogP contribution in [0.1, 0.15) is 17.4 Å². The first-order valence-electron chi connectivity index (χ1n) is 7.38. The number of anilines is 2. The van der Waals surface area contributed by atoms with Crippen molar-refractivity contribution in [2.45, 2.75) is 18.7 Å². The van der Waals surface area contributed by atoms with E-state index in [9.17, 15) is 10.2 Å². The molecule has 2 aromatic rings. The largest absolute Gasteiger partial charge is 0.504 e. The van der Waals surface area contributed by atoms with E-state index in [1.54, 1.807) is 12.1 Å². The molecule has 0 saturated heterocycles. The standard InChI is InChI=1S/C17H18N2O3/c1-22-16-7-12-13(8-15(16)20)18-9-11-6-10-4-2-3-5-14(10)19(11)17(12)21/h2-5,7-8,11,17-18,20-21H,6,9H2,1H3. The summed E-state index contributed by atoms with van der Waals surface area (Å²) >= 11 is 0. The quantitative estimate of drug-likeness (QED) is 0.753. The molecular formula is C17H18N2O3. The molecular weight excluding hydrogens is 280 g/mol. The summed E-state index contributed by atoms with van der Waals surface area (Å²) in [6.45, 7) is 0.713. The fourth-order valence-corrected chi connectivity index (χ4v) is 3.48. The number of aliphatic hydroxyl groups excluding tert-OH is 1. The summed E-state index contributed by atoms with van der Waals surface area (Å²) in [4.78, 5) is 2.05. The number of aromatic hydroxyl groups is 1. The zero-order chi connectivity index (χ0) is 15.3. The summed E-state index contributed by atoms with van der Waals surface area (Å²) in [6.07, 6.45) is 0.130. The van der Waals surface area contributed by atoms with Gasteiger partial charge in [0.05, 0.1) is 13.2 Å². The number of para-hydroxylation sites is 1. The molecule has 3 N–H and O–H groups in total. The van der Waals surface area contributed by atoms with Gasteiger partial charge >= 0.3 is 0 Å². The van der Waals surface area contributed by atoms with Crippen LogP contribution in [-0.2, 0) is 6.42 Å². The Morgan fingerprint density at radius 2 is 2.09 bits per heavy atom. The summed E-state index contributed by atoms with van der Waals surface area (Å²) in [5, 5.41) is 24.2. The lowest BCUT2D eigenvalue weighted by Gasteiger charge is -2.30. The van der Waals surface area contributed by atoms with Crippen LogP contribution in [0.5, 0.6) is 11.5 Å². The Kier molecular flexibility index (Phi) is 2.90. The van der Waals surface area contributed by atoms with Gasteiger partial charge < -0.3 is 25.2 Å². The molecule has 2 aromatic carbocycles. The van der Waals surface area contributed by atoms with Gasteiger partial charge in [0.1, 0.15) is 0 Å². The number of nitrogens with zero attached hydrogens (tertiary/aromatic N) is 1. The Bertz CT molecular complexity index is 732. The maximum Gasteiger partial charge on any atom is 0.161 e. The summed E-state index contributed by atoms with van der Waals surface area (Å²) in [6, 6.07) is 11.7. The number of ether oxygens (including phenoxy) is 1. The van der Waals surface area contributed by atoms with Gasteiger partial charge in [0.2, 0.25) is 0 Å². The first-order valence-corrected chi connectivity index (χ1v) is 7.38. The van der Waals surface area contributed by atoms with Crippen molar-refractivity contribution in [1.82, 2.24) is 0 Å². The number of nitrogens with one attached hydrogen (secondary N) is 1. The highest BCUT2D eigenvalue weighted by atomic mass is 16.5. The second kappa shape index (κ2) is 4.81. The zero-order valence-corrected chi connectivity index (χ0v) is 12.3. The minimum atomic E-state index is -0.770. The van der Waals surface area contributed by atoms with E-state index < -0.39 is 6.23 Å². The fourth-order valence-electron chi connectivity index (χ4n) is 3.48. The highest BCUT2D eigenvalue weighted by Crippen LogP contribution is 2.44. The number of methoxy groups -OCH3 is 1. The molecule has 0 fully saturated rings. The molecule has 4 rings (SSSR count). The summed E-state index contributed by atoms with van der Waals surface area (Å²) in [5.74, 6) is 0.439. The summed E-state index contributed by atoms with van der Waals surface area (Å²) < 4.78 is 5.17. The molecule has 0 saturated carbocycles. The third-order valence-corrected chi connectivity index (χ3v) is 4.54. The predicted octanol–water partition coefficient (Wildman–Crippen LogP) is 2.25. The van der Waals surface area contributed by atoms with Crippen LogP contribution in [-0.4, -0.2) is 29.9 Å². The van der Waals surface area contributed by atoms with Crippen molar-refractivity contribution < 1.29 is 14.9 Å². The van der Waals surface area contributed by atoms with Gasteiger partial charge in [0, 0.05) is 29.5 Å². The minimum Gasteiger partial charge on any atom is -0.504 e. The van der Waals surface area contributed by atoms with Crippen molar-refractivity contribution in [2.75, 3.05) is 23.9 Å². The van der Waals surface area contributed by atoms with Crippen molar-refractivity contribution in [3.63, 3.8) is 0 Å². The van der Waals surface area contributed by atoms with Crippen LogP contribution in [0.25, 0.3) is 0 Å². The average molecular weight is 298 g/mol. The molecule has 0 bridgehead atoms. The molecule has 5 nitrogen and oxygen atoms in total. The Morgan fingerprint density at radius 3 is 2.91 bits per heavy atom. The number of aliphatic hydroxyl groups is 1. The molecule has 0 spiro atoms. The molecule has 114 valence electrons. The third-order valence-electron chi connectivity index (χ3n) is 4.54. The van der Waals surface area contributed by atoms with E-state index in [2.05, 4.69) is 11.4 Å². The Morgan fingerprint density at radius 1 is 1.27 bits per heavy atom. The molecule has 22 heavy (non-hydrogen) atoms. The number of benzene rings is 2. The van der Waals surface area contributed by atoms with E-state index in [1.165, 1.54) is 12.7 Å². The molecule has 2 heterocycles. The average Bonchev–Trinajstić information content (AvgIpc) is 2.84. The maximum atomic E-state index is 10.9. The van der Waals surface area contributed by atoms with Crippen molar-refractivity contribution in [2.24, 2.45) is 0 Å². The van der Waals surface area contributed by atoms with Crippen molar-refractivity contribution in [1.29, 1.82) is 0 Å². The number of phenols is 1. The fraction of sp³-hybridized carbons (Fsp3) is 0.294. The van der Waals surface area contributed by atoms with Crippen molar-refractivity contribution in [3.05, 3.63) is 47.5 Å². The van der Waals surface area contributed by atoms with Crippen LogP contribution in [0.2, 0.25) is 0 Å². The van der Waals surface area contributed by atoms with Crippen LogP contribution in [0, 0.1) is 0 Å². The molecule has 0 amide bonds. The topological polar surface area (TPSA) is 65.0 Å². The van der Waals surface area contributed by atoms with E-state index in [4.69, 9.17) is 4.74 Å².